The summed E-state index contributed by atoms with van der Waals surface area (Å²) in [6.07, 6.45) is 0. The summed E-state index contributed by atoms with van der Waals surface area (Å²) in [4.78, 5) is 8.66. The van der Waals surface area contributed by atoms with E-state index in [2.05, 4.69) is 31.2 Å². The Hall–Kier alpha value is -2.60. The maximum absolute atomic E-state index is 5.97. The molecule has 0 unspecified atom stereocenters. The number of rotatable bonds is 4. The van der Waals surface area contributed by atoms with Crippen LogP contribution in [0.5, 0.6) is 11.6 Å². The molecule has 3 rings (SSSR count). The minimum absolute atomic E-state index is 0.309. The Morgan fingerprint density at radius 3 is 2.42 bits per heavy atom. The molecule has 0 aliphatic heterocycles. The van der Waals surface area contributed by atoms with Gasteiger partial charge >= 0.3 is 0 Å². The van der Waals surface area contributed by atoms with Crippen molar-refractivity contribution in [1.82, 2.24) is 9.97 Å². The fourth-order valence-electron chi connectivity index (χ4n) is 2.11. The molecular formula is C18H17BrN4O. The predicted octanol–water partition coefficient (Wildman–Crippen LogP) is 4.97. The molecule has 122 valence electrons. The number of nitrogens with one attached hydrogen (secondary N) is 1. The van der Waals surface area contributed by atoms with Crippen molar-refractivity contribution in [2.45, 2.75) is 13.8 Å². The average molecular weight is 385 g/mol. The molecule has 0 atom stereocenters. The number of hydrogen-bond acceptors (Lipinski definition) is 5. The maximum atomic E-state index is 5.97. The molecule has 0 spiro atoms. The molecule has 0 radical (unpaired) electrons. The van der Waals surface area contributed by atoms with Crippen LogP contribution in [0, 0.1) is 13.8 Å². The van der Waals surface area contributed by atoms with Crippen molar-refractivity contribution in [2.75, 3.05) is 11.1 Å². The molecular weight excluding hydrogens is 368 g/mol. The molecule has 5 nitrogen and oxygen atoms in total. The Bertz CT molecular complexity index is 865. The van der Waals surface area contributed by atoms with E-state index in [-0.39, 0.29) is 0 Å². The van der Waals surface area contributed by atoms with Crippen LogP contribution in [0.3, 0.4) is 0 Å². The quantitative estimate of drug-likeness (QED) is 0.663. The number of aryl methyl sites for hydroxylation is 2. The van der Waals surface area contributed by atoms with E-state index < -0.39 is 0 Å². The fraction of sp³-hybridized carbons (Fsp3) is 0.111. The highest BCUT2D eigenvalue weighted by Crippen LogP contribution is 2.34. The van der Waals surface area contributed by atoms with Crippen LogP contribution in [0.1, 0.15) is 11.1 Å². The van der Waals surface area contributed by atoms with Gasteiger partial charge in [0.25, 0.3) is 0 Å². The minimum Gasteiger partial charge on any atom is -0.437 e. The number of benzene rings is 2. The molecule has 3 aromatic rings. The Kier molecular flexibility index (Phi) is 4.66. The lowest BCUT2D eigenvalue weighted by Gasteiger charge is -2.12. The summed E-state index contributed by atoms with van der Waals surface area (Å²) >= 11 is 3.39. The molecule has 0 bridgehead atoms. The second kappa shape index (κ2) is 6.88. The molecule has 1 heterocycles. The number of anilines is 3. The molecule has 0 saturated carbocycles. The van der Waals surface area contributed by atoms with Crippen LogP contribution in [0.25, 0.3) is 0 Å². The minimum atomic E-state index is 0.309. The molecule has 24 heavy (non-hydrogen) atoms. The van der Waals surface area contributed by atoms with E-state index in [1.54, 1.807) is 0 Å². The molecule has 0 aliphatic carbocycles. The standard InChI is InChI=1S/C18H17BrN4O/c1-11-7-9-13(10-8-11)21-18-22-16(20)15(19)17(23-18)24-14-6-4-3-5-12(14)2/h3-10H,1-2H3,(H3,20,21,22,23). The lowest BCUT2D eigenvalue weighted by molar-refractivity contribution is 0.456. The van der Waals surface area contributed by atoms with Crippen molar-refractivity contribution in [3.05, 3.63) is 64.1 Å². The number of halogens is 1. The molecule has 0 fully saturated rings. The van der Waals surface area contributed by atoms with E-state index in [1.165, 1.54) is 5.56 Å². The lowest BCUT2D eigenvalue weighted by atomic mass is 10.2. The van der Waals surface area contributed by atoms with Gasteiger partial charge in [0.1, 0.15) is 16.0 Å². The number of aromatic nitrogens is 2. The summed E-state index contributed by atoms with van der Waals surface area (Å²) < 4.78 is 6.43. The predicted molar refractivity (Wildman–Crippen MR) is 99.9 cm³/mol. The summed E-state index contributed by atoms with van der Waals surface area (Å²) in [5, 5.41) is 3.14. The third-order valence-electron chi connectivity index (χ3n) is 3.45. The summed E-state index contributed by atoms with van der Waals surface area (Å²) in [5.41, 5.74) is 9.04. The van der Waals surface area contributed by atoms with E-state index in [4.69, 9.17) is 10.5 Å². The van der Waals surface area contributed by atoms with E-state index in [0.717, 1.165) is 17.0 Å². The molecule has 6 heteroatoms. The molecule has 0 saturated heterocycles. The highest BCUT2D eigenvalue weighted by molar-refractivity contribution is 9.10. The molecule has 2 aromatic carbocycles. The van der Waals surface area contributed by atoms with E-state index >= 15 is 0 Å². The van der Waals surface area contributed by atoms with Crippen LogP contribution in [0.4, 0.5) is 17.5 Å². The van der Waals surface area contributed by atoms with Gasteiger partial charge in [-0.15, -0.1) is 0 Å². The second-order valence-corrected chi connectivity index (χ2v) is 6.20. The van der Waals surface area contributed by atoms with Gasteiger partial charge in [-0.2, -0.15) is 9.97 Å². The molecule has 3 N–H and O–H groups in total. The van der Waals surface area contributed by atoms with Gasteiger partial charge in [-0.3, -0.25) is 0 Å². The van der Waals surface area contributed by atoms with Crippen molar-refractivity contribution in [1.29, 1.82) is 0 Å². The fourth-order valence-corrected chi connectivity index (χ4v) is 2.37. The van der Waals surface area contributed by atoms with Gasteiger partial charge in [0, 0.05) is 5.69 Å². The number of nitrogens with two attached hydrogens (primary N) is 1. The number of hydrogen-bond donors (Lipinski definition) is 2. The largest absolute Gasteiger partial charge is 0.437 e. The van der Waals surface area contributed by atoms with Gasteiger partial charge in [-0.1, -0.05) is 35.9 Å². The molecule has 0 aliphatic rings. The van der Waals surface area contributed by atoms with Crippen molar-refractivity contribution < 1.29 is 4.74 Å². The Morgan fingerprint density at radius 2 is 1.71 bits per heavy atom. The monoisotopic (exact) mass is 384 g/mol. The van der Waals surface area contributed by atoms with Gasteiger partial charge in [0.15, 0.2) is 0 Å². The maximum Gasteiger partial charge on any atom is 0.240 e. The number of ether oxygens (including phenoxy) is 1. The first-order chi connectivity index (χ1) is 11.5. The van der Waals surface area contributed by atoms with Gasteiger partial charge in [-0.25, -0.2) is 0 Å². The molecule has 1 aromatic heterocycles. The second-order valence-electron chi connectivity index (χ2n) is 5.41. The highest BCUT2D eigenvalue weighted by Gasteiger charge is 2.13. The molecule has 0 amide bonds. The summed E-state index contributed by atoms with van der Waals surface area (Å²) in [6, 6.07) is 15.6. The first-order valence-electron chi connectivity index (χ1n) is 7.43. The van der Waals surface area contributed by atoms with E-state index in [1.807, 2.05) is 62.4 Å². The average Bonchev–Trinajstić information content (AvgIpc) is 2.56. The first-order valence-corrected chi connectivity index (χ1v) is 8.22. The van der Waals surface area contributed by atoms with Crippen molar-refractivity contribution in [3.8, 4) is 11.6 Å². The zero-order valence-corrected chi connectivity index (χ0v) is 15.0. The van der Waals surface area contributed by atoms with Crippen LogP contribution in [-0.4, -0.2) is 9.97 Å². The SMILES string of the molecule is Cc1ccc(Nc2nc(N)c(Br)c(Oc3ccccc3C)n2)cc1. The topological polar surface area (TPSA) is 73.1 Å². The van der Waals surface area contributed by atoms with Gasteiger partial charge in [0.05, 0.1) is 0 Å². The number of para-hydroxylation sites is 1. The van der Waals surface area contributed by atoms with E-state index in [9.17, 15) is 0 Å². The van der Waals surface area contributed by atoms with Crippen LogP contribution < -0.4 is 15.8 Å². The summed E-state index contributed by atoms with van der Waals surface area (Å²) in [6.45, 7) is 4.01. The zero-order valence-electron chi connectivity index (χ0n) is 13.4. The number of nitrogen functional groups attached to an aromatic ring is 1. The van der Waals surface area contributed by atoms with Crippen molar-refractivity contribution in [3.63, 3.8) is 0 Å². The van der Waals surface area contributed by atoms with Crippen LogP contribution in [0.2, 0.25) is 0 Å². The third-order valence-corrected chi connectivity index (χ3v) is 4.20. The summed E-state index contributed by atoms with van der Waals surface area (Å²) in [7, 11) is 0. The van der Waals surface area contributed by atoms with Crippen LogP contribution in [0.15, 0.2) is 53.0 Å². The van der Waals surface area contributed by atoms with E-state index in [0.29, 0.717) is 22.1 Å². The van der Waals surface area contributed by atoms with Crippen molar-refractivity contribution >= 4 is 33.4 Å². The third kappa shape index (κ3) is 3.65. The van der Waals surface area contributed by atoms with Gasteiger partial charge < -0.3 is 15.8 Å². The first kappa shape index (κ1) is 16.3. The van der Waals surface area contributed by atoms with Crippen molar-refractivity contribution in [2.24, 2.45) is 0 Å². The normalized spacial score (nSPS) is 10.5. The van der Waals surface area contributed by atoms with Gasteiger partial charge in [-0.05, 0) is 53.5 Å². The Morgan fingerprint density at radius 1 is 1.00 bits per heavy atom. The van der Waals surface area contributed by atoms with Crippen LogP contribution >= 0.6 is 15.9 Å². The summed E-state index contributed by atoms with van der Waals surface area (Å²) in [5.74, 6) is 1.77. The highest BCUT2D eigenvalue weighted by atomic mass is 79.9. The Balaban J connectivity index is 1.91. The van der Waals surface area contributed by atoms with Gasteiger partial charge in [0.2, 0.25) is 11.8 Å². The smallest absolute Gasteiger partial charge is 0.240 e. The zero-order chi connectivity index (χ0) is 17.1. The number of nitrogens with zero attached hydrogens (tertiary/aromatic N) is 2. The Labute approximate surface area is 149 Å². The van der Waals surface area contributed by atoms with Crippen LogP contribution in [-0.2, 0) is 0 Å². The lowest BCUT2D eigenvalue weighted by Crippen LogP contribution is -2.04.